The van der Waals surface area contributed by atoms with Crippen molar-refractivity contribution in [3.63, 3.8) is 0 Å². The van der Waals surface area contributed by atoms with E-state index in [0.29, 0.717) is 30.5 Å². The Morgan fingerprint density at radius 3 is 2.54 bits per heavy atom. The number of nitrogens with zero attached hydrogens (tertiary/aromatic N) is 3. The van der Waals surface area contributed by atoms with E-state index in [1.54, 1.807) is 31.2 Å². The van der Waals surface area contributed by atoms with E-state index in [0.717, 1.165) is 18.4 Å². The molecule has 1 fully saturated rings. The summed E-state index contributed by atoms with van der Waals surface area (Å²) < 4.78 is 30.7. The van der Waals surface area contributed by atoms with Crippen molar-refractivity contribution in [2.75, 3.05) is 30.7 Å². The van der Waals surface area contributed by atoms with Gasteiger partial charge in [0.2, 0.25) is 10.0 Å². The zero-order chi connectivity index (χ0) is 18.6. The van der Waals surface area contributed by atoms with E-state index in [2.05, 4.69) is 20.8 Å². The lowest BCUT2D eigenvalue weighted by molar-refractivity contribution is 0.252. The van der Waals surface area contributed by atoms with Crippen LogP contribution in [0.1, 0.15) is 18.7 Å². The van der Waals surface area contributed by atoms with Crippen LogP contribution in [0.3, 0.4) is 0 Å². The van der Waals surface area contributed by atoms with Crippen molar-refractivity contribution in [3.05, 3.63) is 30.1 Å². The summed E-state index contributed by atoms with van der Waals surface area (Å²) >= 11 is 0. The summed E-state index contributed by atoms with van der Waals surface area (Å²) in [5, 5.41) is 8.95. The van der Waals surface area contributed by atoms with Gasteiger partial charge in [0, 0.05) is 30.9 Å². The van der Waals surface area contributed by atoms with Crippen molar-refractivity contribution in [2.24, 2.45) is 0 Å². The van der Waals surface area contributed by atoms with Crippen molar-refractivity contribution in [1.29, 1.82) is 0 Å². The molecule has 10 heteroatoms. The molecule has 1 aromatic heterocycles. The Morgan fingerprint density at radius 2 is 1.92 bits per heavy atom. The highest BCUT2D eigenvalue weighted by atomic mass is 32.2. The Hall–Kier alpha value is -2.46. The van der Waals surface area contributed by atoms with Crippen molar-refractivity contribution in [1.82, 2.24) is 19.8 Å². The van der Waals surface area contributed by atoms with Crippen LogP contribution in [-0.4, -0.2) is 54.3 Å². The van der Waals surface area contributed by atoms with Gasteiger partial charge in [-0.3, -0.25) is 0 Å². The molecule has 2 amide bonds. The van der Waals surface area contributed by atoms with Crippen LogP contribution in [0.2, 0.25) is 0 Å². The highest BCUT2D eigenvalue weighted by Crippen LogP contribution is 2.19. The van der Waals surface area contributed by atoms with Gasteiger partial charge in [0.05, 0.1) is 5.75 Å². The fourth-order valence-electron chi connectivity index (χ4n) is 2.67. The maximum atomic E-state index is 12.1. The number of aromatic nitrogens is 2. The molecule has 1 aliphatic rings. The fraction of sp³-hybridized carbons (Fsp3) is 0.438. The summed E-state index contributed by atoms with van der Waals surface area (Å²) in [6.45, 7) is 2.93. The second-order valence-corrected chi connectivity index (χ2v) is 8.12. The molecule has 140 valence electrons. The van der Waals surface area contributed by atoms with Crippen molar-refractivity contribution in [3.8, 4) is 11.5 Å². The number of urea groups is 1. The van der Waals surface area contributed by atoms with Crippen LogP contribution in [0.5, 0.6) is 0 Å². The number of benzene rings is 1. The molecule has 2 aromatic rings. The third-order valence-electron chi connectivity index (χ3n) is 4.02. The second-order valence-electron chi connectivity index (χ2n) is 6.03. The number of hydrogen-bond donors (Lipinski definition) is 2. The quantitative estimate of drug-likeness (QED) is 0.787. The number of rotatable bonds is 6. The van der Waals surface area contributed by atoms with E-state index < -0.39 is 16.1 Å². The molecular weight excluding hydrogens is 358 g/mol. The molecule has 26 heavy (non-hydrogen) atoms. The first-order valence-electron chi connectivity index (χ1n) is 8.37. The van der Waals surface area contributed by atoms with E-state index in [4.69, 9.17) is 4.52 Å². The molecule has 3 rings (SSSR count). The summed E-state index contributed by atoms with van der Waals surface area (Å²) in [5.41, 5.74) is 1.32. The first-order chi connectivity index (χ1) is 12.4. The third kappa shape index (κ3) is 4.58. The predicted molar refractivity (Wildman–Crippen MR) is 96.1 cm³/mol. The van der Waals surface area contributed by atoms with Crippen LogP contribution in [0.4, 0.5) is 10.5 Å². The summed E-state index contributed by atoms with van der Waals surface area (Å²) in [4.78, 5) is 16.0. The number of sulfonamides is 1. The molecule has 0 atom stereocenters. The van der Waals surface area contributed by atoms with Crippen LogP contribution < -0.4 is 10.6 Å². The van der Waals surface area contributed by atoms with Gasteiger partial charge in [-0.25, -0.2) is 17.5 Å². The SMILES string of the molecule is Cc1noc(-c2ccc(NC(=O)NCCS(=O)(=O)N3CCCC3)cc2)n1. The van der Waals surface area contributed by atoms with Gasteiger partial charge in [-0.1, -0.05) is 5.16 Å². The van der Waals surface area contributed by atoms with Crippen molar-refractivity contribution in [2.45, 2.75) is 19.8 Å². The first-order valence-corrected chi connectivity index (χ1v) is 9.98. The standard InChI is InChI=1S/C16H21N5O4S/c1-12-18-15(25-20-12)13-4-6-14(7-5-13)19-16(22)17-8-11-26(23,24)21-9-2-3-10-21/h4-7H,2-3,8-11H2,1H3,(H2,17,19,22). The molecule has 0 unspecified atom stereocenters. The minimum atomic E-state index is -3.30. The molecule has 1 aliphatic heterocycles. The lowest BCUT2D eigenvalue weighted by Crippen LogP contribution is -2.37. The van der Waals surface area contributed by atoms with E-state index in [9.17, 15) is 13.2 Å². The maximum Gasteiger partial charge on any atom is 0.319 e. The molecule has 1 aromatic carbocycles. The van der Waals surface area contributed by atoms with Crippen LogP contribution >= 0.6 is 0 Å². The second kappa shape index (κ2) is 7.83. The van der Waals surface area contributed by atoms with Crippen molar-refractivity contribution < 1.29 is 17.7 Å². The minimum absolute atomic E-state index is 0.0595. The van der Waals surface area contributed by atoms with Gasteiger partial charge in [0.1, 0.15) is 0 Å². The third-order valence-corrected chi connectivity index (χ3v) is 5.89. The summed E-state index contributed by atoms with van der Waals surface area (Å²) in [7, 11) is -3.30. The van der Waals surface area contributed by atoms with Gasteiger partial charge in [-0.05, 0) is 44.0 Å². The Bertz CT molecular complexity index is 857. The molecule has 1 saturated heterocycles. The molecular formula is C16H21N5O4S. The molecule has 0 spiro atoms. The number of anilines is 1. The van der Waals surface area contributed by atoms with Gasteiger partial charge < -0.3 is 15.2 Å². The van der Waals surface area contributed by atoms with Gasteiger partial charge >= 0.3 is 6.03 Å². The topological polar surface area (TPSA) is 117 Å². The highest BCUT2D eigenvalue weighted by Gasteiger charge is 2.24. The number of carbonyl (C=O) groups excluding carboxylic acids is 1. The van der Waals surface area contributed by atoms with E-state index in [1.165, 1.54) is 4.31 Å². The Balaban J connectivity index is 1.47. The Labute approximate surface area is 151 Å². The Kier molecular flexibility index (Phi) is 5.52. The largest absolute Gasteiger partial charge is 0.337 e. The number of carbonyl (C=O) groups is 1. The van der Waals surface area contributed by atoms with Crippen molar-refractivity contribution >= 4 is 21.7 Å². The van der Waals surface area contributed by atoms with Gasteiger partial charge in [-0.2, -0.15) is 4.98 Å². The lowest BCUT2D eigenvalue weighted by Gasteiger charge is -2.15. The molecule has 9 nitrogen and oxygen atoms in total. The van der Waals surface area contributed by atoms with Crippen LogP contribution in [-0.2, 0) is 10.0 Å². The number of hydrogen-bond acceptors (Lipinski definition) is 6. The molecule has 0 radical (unpaired) electrons. The smallest absolute Gasteiger partial charge is 0.319 e. The zero-order valence-electron chi connectivity index (χ0n) is 14.4. The summed E-state index contributed by atoms with van der Waals surface area (Å²) in [6, 6.07) is 6.45. The van der Waals surface area contributed by atoms with E-state index in [-0.39, 0.29) is 12.3 Å². The predicted octanol–water partition coefficient (Wildman–Crippen LogP) is 1.59. The van der Waals surface area contributed by atoms with Crippen LogP contribution in [0.25, 0.3) is 11.5 Å². The number of aryl methyl sites for hydroxylation is 1. The van der Waals surface area contributed by atoms with E-state index in [1.807, 2.05) is 0 Å². The Morgan fingerprint density at radius 1 is 1.23 bits per heavy atom. The van der Waals surface area contributed by atoms with Gasteiger partial charge in [-0.15, -0.1) is 0 Å². The van der Waals surface area contributed by atoms with Gasteiger partial charge in [0.15, 0.2) is 5.82 Å². The number of nitrogens with one attached hydrogen (secondary N) is 2. The average molecular weight is 379 g/mol. The summed E-state index contributed by atoms with van der Waals surface area (Å²) in [5.74, 6) is 0.853. The minimum Gasteiger partial charge on any atom is -0.337 e. The lowest BCUT2D eigenvalue weighted by atomic mass is 10.2. The number of amides is 2. The molecule has 0 bridgehead atoms. The molecule has 0 aliphatic carbocycles. The normalized spacial score (nSPS) is 15.1. The average Bonchev–Trinajstić information content (AvgIpc) is 3.27. The monoisotopic (exact) mass is 379 g/mol. The fourth-order valence-corrected chi connectivity index (χ4v) is 4.11. The molecule has 2 heterocycles. The molecule has 0 saturated carbocycles. The maximum absolute atomic E-state index is 12.1. The summed E-state index contributed by atoms with van der Waals surface area (Å²) in [6.07, 6.45) is 1.79. The first kappa shape index (κ1) is 18.3. The zero-order valence-corrected chi connectivity index (χ0v) is 15.3. The van der Waals surface area contributed by atoms with Gasteiger partial charge in [0.25, 0.3) is 5.89 Å². The van der Waals surface area contributed by atoms with Crippen LogP contribution in [0, 0.1) is 6.92 Å². The van der Waals surface area contributed by atoms with Crippen LogP contribution in [0.15, 0.2) is 28.8 Å². The molecule has 2 N–H and O–H groups in total. The highest BCUT2D eigenvalue weighted by molar-refractivity contribution is 7.89. The van der Waals surface area contributed by atoms with E-state index >= 15 is 0 Å².